The van der Waals surface area contributed by atoms with Crippen molar-refractivity contribution in [3.8, 4) is 0 Å². The maximum atomic E-state index is 12.7. The number of nitrogens with one attached hydrogen (secondary N) is 2. The highest BCUT2D eigenvalue weighted by Gasteiger charge is 2.28. The van der Waals surface area contributed by atoms with Crippen molar-refractivity contribution in [1.29, 1.82) is 0 Å². The quantitative estimate of drug-likeness (QED) is 0.351. The number of aryl methyl sites for hydroxylation is 2. The molecule has 4 aromatic carbocycles. The molecule has 0 aromatic heterocycles. The van der Waals surface area contributed by atoms with Gasteiger partial charge in [-0.1, -0.05) is 48.5 Å². The molecule has 0 atom stereocenters. The first kappa shape index (κ1) is 20.3. The van der Waals surface area contributed by atoms with Gasteiger partial charge in [0.15, 0.2) is 0 Å². The standard InChI is InChI=1S/C28H20N2O4/c31-25-19-9-3-7-15-11-13-17(23(21(15)19)27(33)29-25)5-1-2-6-18-14-12-16-8-4-10-20-22(16)24(18)28(34)30-26(20)32/h3-4,7-14H,1-2,5-6H2,(H,29,31,33)(H,30,32,34). The van der Waals surface area contributed by atoms with Crippen LogP contribution in [-0.4, -0.2) is 23.6 Å². The van der Waals surface area contributed by atoms with Gasteiger partial charge in [0.1, 0.15) is 0 Å². The number of carbonyl (C=O) groups is 4. The minimum Gasteiger partial charge on any atom is -0.288 e. The van der Waals surface area contributed by atoms with Crippen molar-refractivity contribution in [2.75, 3.05) is 0 Å². The molecule has 0 aliphatic carbocycles. The Bertz CT molecular complexity index is 1470. The first-order valence-corrected chi connectivity index (χ1v) is 11.3. The number of imide groups is 2. The molecule has 0 spiro atoms. The monoisotopic (exact) mass is 448 g/mol. The van der Waals surface area contributed by atoms with Crippen molar-refractivity contribution < 1.29 is 19.2 Å². The summed E-state index contributed by atoms with van der Waals surface area (Å²) in [7, 11) is 0. The summed E-state index contributed by atoms with van der Waals surface area (Å²) >= 11 is 0. The maximum absolute atomic E-state index is 12.7. The van der Waals surface area contributed by atoms with E-state index in [1.165, 1.54) is 0 Å². The largest absolute Gasteiger partial charge is 0.288 e. The van der Waals surface area contributed by atoms with Gasteiger partial charge in [-0.2, -0.15) is 0 Å². The summed E-state index contributed by atoms with van der Waals surface area (Å²) in [5, 5.41) is 8.12. The lowest BCUT2D eigenvalue weighted by Gasteiger charge is -2.20. The molecule has 6 nitrogen and oxygen atoms in total. The molecule has 2 aliphatic rings. The zero-order valence-electron chi connectivity index (χ0n) is 18.2. The number of hydrogen-bond donors (Lipinski definition) is 2. The van der Waals surface area contributed by atoms with E-state index in [0.29, 0.717) is 35.1 Å². The summed E-state index contributed by atoms with van der Waals surface area (Å²) in [5.74, 6) is -1.42. The predicted octanol–water partition coefficient (Wildman–Crippen LogP) is 4.33. The van der Waals surface area contributed by atoms with E-state index in [-0.39, 0.29) is 23.6 Å². The van der Waals surface area contributed by atoms with E-state index >= 15 is 0 Å². The van der Waals surface area contributed by atoms with Crippen molar-refractivity contribution in [2.24, 2.45) is 0 Å². The van der Waals surface area contributed by atoms with Crippen LogP contribution < -0.4 is 10.6 Å². The van der Waals surface area contributed by atoms with Crippen LogP contribution >= 0.6 is 0 Å². The van der Waals surface area contributed by atoms with Crippen LogP contribution in [0.4, 0.5) is 0 Å². The molecule has 0 unspecified atom stereocenters. The van der Waals surface area contributed by atoms with Crippen molar-refractivity contribution in [1.82, 2.24) is 10.6 Å². The highest BCUT2D eigenvalue weighted by atomic mass is 16.2. The third-order valence-corrected chi connectivity index (χ3v) is 6.80. The van der Waals surface area contributed by atoms with Gasteiger partial charge in [0, 0.05) is 21.9 Å². The fraction of sp³-hybridized carbons (Fsp3) is 0.143. The number of benzene rings is 4. The second kappa shape index (κ2) is 7.63. The van der Waals surface area contributed by atoms with E-state index < -0.39 is 0 Å². The van der Waals surface area contributed by atoms with E-state index in [1.54, 1.807) is 12.1 Å². The lowest BCUT2D eigenvalue weighted by Crippen LogP contribution is -2.35. The molecule has 0 fully saturated rings. The van der Waals surface area contributed by atoms with Crippen LogP contribution in [0.5, 0.6) is 0 Å². The van der Waals surface area contributed by atoms with Gasteiger partial charge in [-0.15, -0.1) is 0 Å². The molecule has 6 heteroatoms. The Hall–Kier alpha value is -4.32. The van der Waals surface area contributed by atoms with Gasteiger partial charge in [0.2, 0.25) is 0 Å². The van der Waals surface area contributed by atoms with Crippen molar-refractivity contribution in [2.45, 2.75) is 25.7 Å². The Morgan fingerprint density at radius 2 is 0.941 bits per heavy atom. The third-order valence-electron chi connectivity index (χ3n) is 6.80. The van der Waals surface area contributed by atoms with Crippen molar-refractivity contribution in [3.63, 3.8) is 0 Å². The zero-order valence-corrected chi connectivity index (χ0v) is 18.2. The molecule has 34 heavy (non-hydrogen) atoms. The second-order valence-electron chi connectivity index (χ2n) is 8.78. The number of unbranched alkanes of at least 4 members (excludes halogenated alkanes) is 1. The van der Waals surface area contributed by atoms with Gasteiger partial charge in [0.05, 0.1) is 11.1 Å². The molecular weight excluding hydrogens is 428 g/mol. The van der Waals surface area contributed by atoms with Crippen LogP contribution in [0.15, 0.2) is 60.7 Å². The number of carbonyl (C=O) groups excluding carboxylic acids is 4. The Morgan fingerprint density at radius 1 is 0.500 bits per heavy atom. The lowest BCUT2D eigenvalue weighted by atomic mass is 9.88. The summed E-state index contributed by atoms with van der Waals surface area (Å²) in [6, 6.07) is 18.8. The van der Waals surface area contributed by atoms with Crippen LogP contribution in [-0.2, 0) is 12.8 Å². The number of hydrogen-bond acceptors (Lipinski definition) is 4. The SMILES string of the molecule is O=C1NC(=O)c2c(CCCCc3ccc4cccc5c4c3C(=O)NC5=O)ccc3cccc1c23. The molecule has 4 aromatic rings. The van der Waals surface area contributed by atoms with Crippen LogP contribution in [0.2, 0.25) is 0 Å². The van der Waals surface area contributed by atoms with Crippen LogP contribution in [0, 0.1) is 0 Å². The Labute approximate surface area is 195 Å². The third kappa shape index (κ3) is 3.03. The molecule has 0 bridgehead atoms. The molecule has 0 radical (unpaired) electrons. The Morgan fingerprint density at radius 3 is 1.38 bits per heavy atom. The highest BCUT2D eigenvalue weighted by molar-refractivity contribution is 6.27. The number of amides is 4. The number of rotatable bonds is 5. The van der Waals surface area contributed by atoms with Gasteiger partial charge in [-0.3, -0.25) is 29.8 Å². The van der Waals surface area contributed by atoms with Crippen LogP contribution in [0.25, 0.3) is 21.5 Å². The highest BCUT2D eigenvalue weighted by Crippen LogP contribution is 2.32. The predicted molar refractivity (Wildman–Crippen MR) is 128 cm³/mol. The molecular formula is C28H20N2O4. The summed E-state index contributed by atoms with van der Waals surface area (Å²) < 4.78 is 0. The van der Waals surface area contributed by atoms with Crippen molar-refractivity contribution >= 4 is 45.2 Å². The topological polar surface area (TPSA) is 92.3 Å². The molecule has 2 aliphatic heterocycles. The normalized spacial score (nSPS) is 14.5. The average Bonchev–Trinajstić information content (AvgIpc) is 2.83. The fourth-order valence-corrected chi connectivity index (χ4v) is 5.26. The summed E-state index contributed by atoms with van der Waals surface area (Å²) in [6.45, 7) is 0. The fourth-order valence-electron chi connectivity index (χ4n) is 5.26. The van der Waals surface area contributed by atoms with Crippen LogP contribution in [0.3, 0.4) is 0 Å². The van der Waals surface area contributed by atoms with E-state index in [0.717, 1.165) is 45.5 Å². The van der Waals surface area contributed by atoms with E-state index in [1.807, 2.05) is 48.5 Å². The van der Waals surface area contributed by atoms with Gasteiger partial charge < -0.3 is 0 Å². The second-order valence-corrected chi connectivity index (χ2v) is 8.78. The first-order valence-electron chi connectivity index (χ1n) is 11.3. The van der Waals surface area contributed by atoms with Gasteiger partial charge in [-0.25, -0.2) is 0 Å². The van der Waals surface area contributed by atoms with Gasteiger partial charge in [0.25, 0.3) is 23.6 Å². The Balaban J connectivity index is 1.27. The van der Waals surface area contributed by atoms with Crippen molar-refractivity contribution in [3.05, 3.63) is 94.0 Å². The van der Waals surface area contributed by atoms with Gasteiger partial charge in [-0.05, 0) is 59.7 Å². The molecule has 0 saturated heterocycles. The maximum Gasteiger partial charge on any atom is 0.259 e. The van der Waals surface area contributed by atoms with E-state index in [9.17, 15) is 19.2 Å². The minimum absolute atomic E-state index is 0.350. The van der Waals surface area contributed by atoms with Crippen LogP contribution in [0.1, 0.15) is 65.4 Å². The average molecular weight is 448 g/mol. The summed E-state index contributed by atoms with van der Waals surface area (Å²) in [5.41, 5.74) is 4.04. The molecule has 166 valence electrons. The van der Waals surface area contributed by atoms with E-state index in [4.69, 9.17) is 0 Å². The van der Waals surface area contributed by atoms with E-state index in [2.05, 4.69) is 10.6 Å². The molecule has 0 saturated carbocycles. The Kier molecular flexibility index (Phi) is 4.55. The zero-order chi connectivity index (χ0) is 23.4. The lowest BCUT2D eigenvalue weighted by molar-refractivity contribution is 0.0827. The summed E-state index contributed by atoms with van der Waals surface area (Å²) in [4.78, 5) is 49.8. The molecule has 6 rings (SSSR count). The molecule has 4 amide bonds. The first-order chi connectivity index (χ1) is 16.5. The minimum atomic E-state index is -0.360. The summed E-state index contributed by atoms with van der Waals surface area (Å²) in [6.07, 6.45) is 2.98. The molecule has 2 heterocycles. The van der Waals surface area contributed by atoms with Gasteiger partial charge >= 0.3 is 0 Å². The molecule has 2 N–H and O–H groups in total. The smallest absolute Gasteiger partial charge is 0.259 e.